The minimum Gasteiger partial charge on any atom is -0.366 e. The number of hydrogen-bond donors (Lipinski definition) is 0. The zero-order valence-electron chi connectivity index (χ0n) is 11.1. The third-order valence-corrected chi connectivity index (χ3v) is 3.50. The van der Waals surface area contributed by atoms with Crippen molar-refractivity contribution >= 4 is 33.3 Å². The van der Waals surface area contributed by atoms with Gasteiger partial charge < -0.3 is 9.64 Å². The fourth-order valence-electron chi connectivity index (χ4n) is 2.58. The highest BCUT2D eigenvalue weighted by molar-refractivity contribution is 9.10. The molecule has 1 aromatic heterocycles. The van der Waals surface area contributed by atoms with E-state index in [4.69, 9.17) is 16.3 Å². The van der Waals surface area contributed by atoms with Crippen LogP contribution in [0.2, 0.25) is 5.02 Å². The molecule has 100 valence electrons. The first kappa shape index (κ1) is 14.1. The summed E-state index contributed by atoms with van der Waals surface area (Å²) in [6.45, 7) is 9.93. The van der Waals surface area contributed by atoms with Crippen LogP contribution in [0, 0.1) is 0 Å². The second-order valence-electron chi connectivity index (χ2n) is 5.94. The summed E-state index contributed by atoms with van der Waals surface area (Å²) >= 11 is 9.65. The number of nitrogens with zero attached hydrogens (tertiary/aromatic N) is 2. The van der Waals surface area contributed by atoms with Crippen LogP contribution in [0.3, 0.4) is 0 Å². The molecule has 1 aliphatic heterocycles. The lowest BCUT2D eigenvalue weighted by molar-refractivity contribution is -0.133. The predicted octanol–water partition coefficient (Wildman–Crippen LogP) is 3.89. The van der Waals surface area contributed by atoms with E-state index in [0.29, 0.717) is 5.02 Å². The molecule has 1 aromatic rings. The molecule has 3 nitrogen and oxygen atoms in total. The summed E-state index contributed by atoms with van der Waals surface area (Å²) in [6.07, 6.45) is 1.77. The van der Waals surface area contributed by atoms with Crippen LogP contribution < -0.4 is 4.90 Å². The number of hydrogen-bond acceptors (Lipinski definition) is 3. The molecule has 2 rings (SSSR count). The van der Waals surface area contributed by atoms with Gasteiger partial charge in [0.15, 0.2) is 0 Å². The van der Waals surface area contributed by atoms with Gasteiger partial charge in [-0.05, 0) is 49.7 Å². The van der Waals surface area contributed by atoms with Gasteiger partial charge in [-0.2, -0.15) is 0 Å². The first-order valence-corrected chi connectivity index (χ1v) is 7.12. The van der Waals surface area contributed by atoms with Crippen LogP contribution in [0.5, 0.6) is 0 Å². The van der Waals surface area contributed by atoms with Crippen molar-refractivity contribution in [1.29, 1.82) is 0 Å². The number of aromatic nitrogens is 1. The van der Waals surface area contributed by atoms with Crippen molar-refractivity contribution in [3.05, 3.63) is 21.8 Å². The van der Waals surface area contributed by atoms with Crippen molar-refractivity contribution in [1.82, 2.24) is 4.98 Å². The van der Waals surface area contributed by atoms with Gasteiger partial charge in [0.25, 0.3) is 0 Å². The summed E-state index contributed by atoms with van der Waals surface area (Å²) in [5, 5.41) is 0.665. The van der Waals surface area contributed by atoms with Crippen molar-refractivity contribution in [3.8, 4) is 0 Å². The largest absolute Gasteiger partial charge is 0.366 e. The van der Waals surface area contributed by atoms with E-state index < -0.39 is 0 Å². The molecule has 1 aliphatic rings. The highest BCUT2D eigenvalue weighted by Crippen LogP contribution is 2.34. The second kappa shape index (κ2) is 4.66. The number of anilines is 1. The summed E-state index contributed by atoms with van der Waals surface area (Å²) in [5.74, 6) is 0.823. The van der Waals surface area contributed by atoms with Crippen LogP contribution in [0.15, 0.2) is 16.7 Å². The van der Waals surface area contributed by atoms with E-state index in [1.165, 1.54) is 0 Å². The Kier molecular flexibility index (Phi) is 3.65. The Hall–Kier alpha value is -0.320. The van der Waals surface area contributed by atoms with Crippen molar-refractivity contribution in [2.45, 2.75) is 38.9 Å². The van der Waals surface area contributed by atoms with E-state index in [0.717, 1.165) is 23.4 Å². The van der Waals surface area contributed by atoms with Crippen molar-refractivity contribution in [2.24, 2.45) is 0 Å². The number of morpholine rings is 1. The van der Waals surface area contributed by atoms with Gasteiger partial charge in [-0.1, -0.05) is 11.6 Å². The number of pyridine rings is 1. The third-order valence-electron chi connectivity index (χ3n) is 2.78. The van der Waals surface area contributed by atoms with E-state index in [1.807, 2.05) is 6.07 Å². The van der Waals surface area contributed by atoms with Crippen LogP contribution in [0.4, 0.5) is 5.82 Å². The molecule has 18 heavy (non-hydrogen) atoms. The quantitative estimate of drug-likeness (QED) is 0.779. The maximum atomic E-state index is 6.27. The molecule has 0 amide bonds. The zero-order chi connectivity index (χ0) is 13.6. The smallest absolute Gasteiger partial charge is 0.147 e. The molecule has 1 fully saturated rings. The first-order valence-electron chi connectivity index (χ1n) is 5.95. The van der Waals surface area contributed by atoms with Crippen molar-refractivity contribution in [3.63, 3.8) is 0 Å². The lowest BCUT2D eigenvalue weighted by Gasteiger charge is -2.47. The lowest BCUT2D eigenvalue weighted by Crippen LogP contribution is -2.57. The van der Waals surface area contributed by atoms with Gasteiger partial charge in [-0.15, -0.1) is 0 Å². The molecule has 0 aliphatic carbocycles. The van der Waals surface area contributed by atoms with Gasteiger partial charge in [-0.3, -0.25) is 0 Å². The van der Waals surface area contributed by atoms with Gasteiger partial charge in [-0.25, -0.2) is 4.98 Å². The molecule has 0 bridgehead atoms. The van der Waals surface area contributed by atoms with Crippen LogP contribution in [-0.4, -0.2) is 29.3 Å². The van der Waals surface area contributed by atoms with E-state index in [1.54, 1.807) is 6.20 Å². The number of rotatable bonds is 1. The molecule has 0 unspecified atom stereocenters. The number of ether oxygens (including phenoxy) is 1. The lowest BCUT2D eigenvalue weighted by atomic mass is 9.99. The molecular weight excluding hydrogens is 316 g/mol. The highest BCUT2D eigenvalue weighted by Gasteiger charge is 2.39. The second-order valence-corrected chi connectivity index (χ2v) is 7.26. The molecule has 0 N–H and O–H groups in total. The summed E-state index contributed by atoms with van der Waals surface area (Å²) in [5.41, 5.74) is -0.417. The maximum Gasteiger partial charge on any atom is 0.147 e. The van der Waals surface area contributed by atoms with E-state index >= 15 is 0 Å². The normalized spacial score (nSPS) is 22.0. The molecule has 0 atom stereocenters. The predicted molar refractivity (Wildman–Crippen MR) is 78.4 cm³/mol. The van der Waals surface area contributed by atoms with Crippen LogP contribution in [0.1, 0.15) is 27.7 Å². The topological polar surface area (TPSA) is 25.4 Å². The van der Waals surface area contributed by atoms with Crippen LogP contribution in [0.25, 0.3) is 0 Å². The molecule has 0 spiro atoms. The Bertz CT molecular complexity index is 446. The molecule has 0 radical (unpaired) electrons. The van der Waals surface area contributed by atoms with Crippen LogP contribution >= 0.6 is 27.5 Å². The van der Waals surface area contributed by atoms with Crippen molar-refractivity contribution < 1.29 is 4.74 Å². The van der Waals surface area contributed by atoms with Crippen LogP contribution in [-0.2, 0) is 4.74 Å². The highest BCUT2D eigenvalue weighted by atomic mass is 79.9. The van der Waals surface area contributed by atoms with Gasteiger partial charge in [0.1, 0.15) is 5.82 Å². The third kappa shape index (κ3) is 3.16. The molecule has 0 saturated carbocycles. The molecule has 2 heterocycles. The Labute approximate surface area is 122 Å². The molecule has 5 heteroatoms. The van der Waals surface area contributed by atoms with Crippen molar-refractivity contribution in [2.75, 3.05) is 18.0 Å². The minimum atomic E-state index is -0.208. The minimum absolute atomic E-state index is 0.208. The fraction of sp³-hybridized carbons (Fsp3) is 0.615. The summed E-state index contributed by atoms with van der Waals surface area (Å²) in [4.78, 5) is 6.62. The van der Waals surface area contributed by atoms with Gasteiger partial charge in [0, 0.05) is 23.8 Å². The van der Waals surface area contributed by atoms with Gasteiger partial charge in [0.2, 0.25) is 0 Å². The summed E-state index contributed by atoms with van der Waals surface area (Å²) in [7, 11) is 0. The Balaban J connectivity index is 2.32. The zero-order valence-corrected chi connectivity index (χ0v) is 13.5. The fourth-order valence-corrected chi connectivity index (χ4v) is 3.33. The van der Waals surface area contributed by atoms with E-state index in [2.05, 4.69) is 53.5 Å². The monoisotopic (exact) mass is 332 g/mol. The number of halogens is 2. The Morgan fingerprint density at radius 3 is 2.33 bits per heavy atom. The SMILES string of the molecule is CC1(C)CN(c2ncc(Br)cc2Cl)CC(C)(C)O1. The Morgan fingerprint density at radius 2 is 1.83 bits per heavy atom. The average Bonchev–Trinajstić information content (AvgIpc) is 2.11. The standard InChI is InChI=1S/C13H18BrClN2O/c1-12(2)7-17(8-13(3,4)18-12)11-10(15)5-9(14)6-16-11/h5-6H,7-8H2,1-4H3. The maximum absolute atomic E-state index is 6.27. The summed E-state index contributed by atoms with van der Waals surface area (Å²) < 4.78 is 6.95. The first-order chi connectivity index (χ1) is 8.19. The summed E-state index contributed by atoms with van der Waals surface area (Å²) in [6, 6.07) is 1.87. The average molecular weight is 334 g/mol. The van der Waals surface area contributed by atoms with Gasteiger partial charge in [0.05, 0.1) is 16.2 Å². The Morgan fingerprint density at radius 1 is 1.28 bits per heavy atom. The van der Waals surface area contributed by atoms with E-state index in [-0.39, 0.29) is 11.2 Å². The van der Waals surface area contributed by atoms with Gasteiger partial charge >= 0.3 is 0 Å². The molecular formula is C13H18BrClN2O. The molecule has 1 saturated heterocycles. The molecule has 0 aromatic carbocycles. The van der Waals surface area contributed by atoms with E-state index in [9.17, 15) is 0 Å².